The van der Waals surface area contributed by atoms with E-state index in [4.69, 9.17) is 17.4 Å². The van der Waals surface area contributed by atoms with Gasteiger partial charge < -0.3 is 4.98 Å². The largest absolute Gasteiger partial charge is 0.333 e. The van der Waals surface area contributed by atoms with Gasteiger partial charge in [-0.2, -0.15) is 0 Å². The van der Waals surface area contributed by atoms with E-state index in [2.05, 4.69) is 25.4 Å². The zero-order chi connectivity index (χ0) is 13.2. The Labute approximate surface area is 117 Å². The molecule has 2 aromatic heterocycles. The number of nitrogens with zero attached hydrogens (tertiary/aromatic N) is 3. The molecule has 19 heavy (non-hydrogen) atoms. The Morgan fingerprint density at radius 3 is 2.89 bits per heavy atom. The maximum atomic E-state index is 6.05. The van der Waals surface area contributed by atoms with Crippen LogP contribution in [0.5, 0.6) is 0 Å². The van der Waals surface area contributed by atoms with Crippen molar-refractivity contribution < 1.29 is 0 Å². The number of hydrogen-bond acceptors (Lipinski definition) is 6. The molecular weight excluding hydrogens is 284 g/mol. The highest BCUT2D eigenvalue weighted by molar-refractivity contribution is 7.99. The van der Waals surface area contributed by atoms with Crippen molar-refractivity contribution in [2.75, 3.05) is 5.43 Å². The third kappa shape index (κ3) is 2.48. The fourth-order valence-electron chi connectivity index (χ4n) is 1.56. The predicted molar refractivity (Wildman–Crippen MR) is 75.1 cm³/mol. The van der Waals surface area contributed by atoms with E-state index in [0.717, 1.165) is 11.0 Å². The first-order valence-corrected chi connectivity index (χ1v) is 6.57. The number of H-pyrrole nitrogens is 1. The maximum absolute atomic E-state index is 6.05. The molecule has 96 valence electrons. The average Bonchev–Trinajstić information content (AvgIpc) is 2.83. The molecule has 0 unspecified atom stereocenters. The van der Waals surface area contributed by atoms with Gasteiger partial charge >= 0.3 is 0 Å². The summed E-state index contributed by atoms with van der Waals surface area (Å²) >= 11 is 7.37. The van der Waals surface area contributed by atoms with Gasteiger partial charge in [0.15, 0.2) is 5.16 Å². The monoisotopic (exact) mass is 292 g/mol. The second-order valence-corrected chi connectivity index (χ2v) is 5.04. The summed E-state index contributed by atoms with van der Waals surface area (Å²) in [4.78, 5) is 15.7. The molecule has 0 spiro atoms. The van der Waals surface area contributed by atoms with Gasteiger partial charge in [-0.25, -0.2) is 20.8 Å². The molecule has 0 amide bonds. The molecule has 0 aliphatic rings. The van der Waals surface area contributed by atoms with Crippen LogP contribution in [0.4, 0.5) is 5.95 Å². The number of hydrazine groups is 1. The number of imidazole rings is 1. The van der Waals surface area contributed by atoms with Gasteiger partial charge in [-0.05, 0) is 23.9 Å². The molecule has 0 saturated carbocycles. The zero-order valence-corrected chi connectivity index (χ0v) is 11.2. The summed E-state index contributed by atoms with van der Waals surface area (Å²) in [5.41, 5.74) is 4.24. The van der Waals surface area contributed by atoms with Crippen LogP contribution in [0.25, 0.3) is 11.0 Å². The van der Waals surface area contributed by atoms with Crippen molar-refractivity contribution in [2.45, 2.75) is 10.2 Å². The number of hydrogen-bond donors (Lipinski definition) is 3. The highest BCUT2D eigenvalue weighted by Gasteiger charge is 2.10. The van der Waals surface area contributed by atoms with Gasteiger partial charge in [0.05, 0.1) is 22.3 Å². The van der Waals surface area contributed by atoms with E-state index in [0.29, 0.717) is 21.2 Å². The molecule has 1 aromatic carbocycles. The Morgan fingerprint density at radius 2 is 2.11 bits per heavy atom. The SMILES string of the molecule is NNc1ncc(Cl)c(Sc2nc3ccccc3[nH]2)n1. The Bertz CT molecular complexity index is 695. The van der Waals surface area contributed by atoms with E-state index in [-0.39, 0.29) is 0 Å². The van der Waals surface area contributed by atoms with Crippen molar-refractivity contribution in [1.29, 1.82) is 0 Å². The molecule has 4 N–H and O–H groups in total. The third-order valence-corrected chi connectivity index (χ3v) is 3.68. The summed E-state index contributed by atoms with van der Waals surface area (Å²) in [6, 6.07) is 7.78. The lowest BCUT2D eigenvalue weighted by Gasteiger charge is -2.02. The van der Waals surface area contributed by atoms with Crippen LogP contribution in [0.15, 0.2) is 40.6 Å². The number of fused-ring (bicyclic) bond motifs is 1. The second-order valence-electron chi connectivity index (χ2n) is 3.65. The topological polar surface area (TPSA) is 92.5 Å². The first-order chi connectivity index (χ1) is 9.26. The number of para-hydroxylation sites is 2. The molecule has 0 bridgehead atoms. The number of nitrogens with two attached hydrogens (primary N) is 1. The van der Waals surface area contributed by atoms with Gasteiger partial charge in [-0.15, -0.1) is 0 Å². The van der Waals surface area contributed by atoms with Gasteiger partial charge in [0.25, 0.3) is 0 Å². The van der Waals surface area contributed by atoms with Gasteiger partial charge in [-0.1, -0.05) is 23.7 Å². The van der Waals surface area contributed by atoms with Crippen LogP contribution in [-0.4, -0.2) is 19.9 Å². The molecule has 0 radical (unpaired) electrons. The second kappa shape index (κ2) is 5.04. The highest BCUT2D eigenvalue weighted by atomic mass is 35.5. The molecule has 0 atom stereocenters. The summed E-state index contributed by atoms with van der Waals surface area (Å²) in [6.45, 7) is 0. The number of halogens is 1. The van der Waals surface area contributed by atoms with Gasteiger partial charge in [0, 0.05) is 0 Å². The van der Waals surface area contributed by atoms with Gasteiger partial charge in [0.2, 0.25) is 5.95 Å². The molecular formula is C11H9ClN6S. The molecule has 8 heteroatoms. The van der Waals surface area contributed by atoms with E-state index in [1.807, 2.05) is 24.3 Å². The molecule has 0 aliphatic heterocycles. The molecule has 0 fully saturated rings. The molecule has 6 nitrogen and oxygen atoms in total. The van der Waals surface area contributed by atoms with Crippen LogP contribution >= 0.6 is 23.4 Å². The number of aromatic amines is 1. The Balaban J connectivity index is 1.96. The normalized spacial score (nSPS) is 10.8. The first kappa shape index (κ1) is 12.2. The van der Waals surface area contributed by atoms with Crippen LogP contribution in [0.2, 0.25) is 5.02 Å². The summed E-state index contributed by atoms with van der Waals surface area (Å²) in [6.07, 6.45) is 1.49. The van der Waals surface area contributed by atoms with Crippen LogP contribution in [-0.2, 0) is 0 Å². The predicted octanol–water partition coefficient (Wildman–Crippen LogP) is 2.44. The third-order valence-electron chi connectivity index (χ3n) is 2.40. The Kier molecular flexibility index (Phi) is 3.24. The zero-order valence-electron chi connectivity index (χ0n) is 9.59. The van der Waals surface area contributed by atoms with Crippen molar-refractivity contribution in [3.63, 3.8) is 0 Å². The Hall–Kier alpha value is -1.83. The maximum Gasteiger partial charge on any atom is 0.238 e. The van der Waals surface area contributed by atoms with E-state index in [1.54, 1.807) is 0 Å². The van der Waals surface area contributed by atoms with Crippen LogP contribution in [0.3, 0.4) is 0 Å². The van der Waals surface area contributed by atoms with Crippen molar-refractivity contribution in [1.82, 2.24) is 19.9 Å². The number of anilines is 1. The lowest BCUT2D eigenvalue weighted by Crippen LogP contribution is -2.10. The summed E-state index contributed by atoms with van der Waals surface area (Å²) in [5, 5.41) is 1.75. The van der Waals surface area contributed by atoms with E-state index in [1.165, 1.54) is 18.0 Å². The minimum absolute atomic E-state index is 0.308. The summed E-state index contributed by atoms with van der Waals surface area (Å²) in [7, 11) is 0. The van der Waals surface area contributed by atoms with Crippen molar-refractivity contribution in [2.24, 2.45) is 5.84 Å². The summed E-state index contributed by atoms with van der Waals surface area (Å²) in [5.74, 6) is 5.58. The number of benzene rings is 1. The van der Waals surface area contributed by atoms with Crippen LogP contribution in [0.1, 0.15) is 0 Å². The highest BCUT2D eigenvalue weighted by Crippen LogP contribution is 2.31. The smallest absolute Gasteiger partial charge is 0.238 e. The number of rotatable bonds is 3. The standard InChI is InChI=1S/C11H9ClN6S/c12-6-5-14-10(18-13)17-9(6)19-11-15-7-3-1-2-4-8(7)16-11/h1-5H,13H2,(H,15,16)(H,14,17,18). The Morgan fingerprint density at radius 1 is 1.26 bits per heavy atom. The van der Waals surface area contributed by atoms with E-state index < -0.39 is 0 Å². The fraction of sp³-hybridized carbons (Fsp3) is 0. The molecule has 0 aliphatic carbocycles. The minimum Gasteiger partial charge on any atom is -0.333 e. The van der Waals surface area contributed by atoms with Crippen molar-refractivity contribution >= 4 is 40.3 Å². The first-order valence-electron chi connectivity index (χ1n) is 5.38. The number of aromatic nitrogens is 4. The molecule has 2 heterocycles. The van der Waals surface area contributed by atoms with Gasteiger partial charge in [0.1, 0.15) is 5.03 Å². The number of nitrogen functional groups attached to an aromatic ring is 1. The summed E-state index contributed by atoms with van der Waals surface area (Å²) < 4.78 is 0. The van der Waals surface area contributed by atoms with Crippen LogP contribution < -0.4 is 11.3 Å². The van der Waals surface area contributed by atoms with Crippen molar-refractivity contribution in [3.8, 4) is 0 Å². The molecule has 3 rings (SSSR count). The van der Waals surface area contributed by atoms with Crippen LogP contribution in [0, 0.1) is 0 Å². The quantitative estimate of drug-likeness (QED) is 0.390. The van der Waals surface area contributed by atoms with Gasteiger partial charge in [-0.3, -0.25) is 5.43 Å². The molecule has 3 aromatic rings. The molecule has 0 saturated heterocycles. The minimum atomic E-state index is 0.308. The van der Waals surface area contributed by atoms with E-state index in [9.17, 15) is 0 Å². The number of nitrogens with one attached hydrogen (secondary N) is 2. The average molecular weight is 293 g/mol. The van der Waals surface area contributed by atoms with Crippen molar-refractivity contribution in [3.05, 3.63) is 35.5 Å². The fourth-order valence-corrected chi connectivity index (χ4v) is 2.54. The lowest BCUT2D eigenvalue weighted by molar-refractivity contribution is 1.01. The lowest BCUT2D eigenvalue weighted by atomic mass is 10.3. The van der Waals surface area contributed by atoms with E-state index >= 15 is 0 Å².